The van der Waals surface area contributed by atoms with E-state index in [0.717, 1.165) is 16.6 Å². The first-order valence-electron chi connectivity index (χ1n) is 11.7. The van der Waals surface area contributed by atoms with Crippen LogP contribution >= 0.6 is 0 Å². The monoisotopic (exact) mass is 551 g/mol. The highest BCUT2D eigenvalue weighted by Crippen LogP contribution is 2.26. The molecule has 1 fully saturated rings. The van der Waals surface area contributed by atoms with E-state index >= 15 is 0 Å². The summed E-state index contributed by atoms with van der Waals surface area (Å²) >= 11 is 0. The van der Waals surface area contributed by atoms with Gasteiger partial charge in [0.25, 0.3) is 10.2 Å². The summed E-state index contributed by atoms with van der Waals surface area (Å²) in [5, 5.41) is 0. The van der Waals surface area contributed by atoms with Gasteiger partial charge in [-0.3, -0.25) is 14.7 Å². The Hall–Kier alpha value is -3.67. The maximum absolute atomic E-state index is 12.5. The van der Waals surface area contributed by atoms with Crippen LogP contribution in [0.2, 0.25) is 0 Å². The van der Waals surface area contributed by atoms with E-state index in [1.165, 1.54) is 22.7 Å². The Kier molecular flexibility index (Phi) is 8.50. The first kappa shape index (κ1) is 27.4. The maximum Gasteiger partial charge on any atom is 0.281 e. The fourth-order valence-corrected chi connectivity index (χ4v) is 5.57. The molecule has 198 valence electrons. The lowest BCUT2D eigenvalue weighted by molar-refractivity contribution is 0.355. The molecule has 0 amide bonds. The van der Waals surface area contributed by atoms with Gasteiger partial charge >= 0.3 is 0 Å². The van der Waals surface area contributed by atoms with Crippen molar-refractivity contribution in [1.82, 2.24) is 23.6 Å². The molecule has 1 aromatic carbocycles. The van der Waals surface area contributed by atoms with Gasteiger partial charge in [0.05, 0.1) is 34.0 Å². The van der Waals surface area contributed by atoms with E-state index in [4.69, 9.17) is 4.98 Å². The Morgan fingerprint density at radius 2 is 1.87 bits per heavy atom. The zero-order valence-corrected chi connectivity index (χ0v) is 22.9. The Bertz CT molecular complexity index is 1560. The molecule has 0 radical (unpaired) electrons. The van der Waals surface area contributed by atoms with E-state index in [9.17, 15) is 12.6 Å². The molecule has 1 N–H and O–H groups in total. The number of pyridine rings is 1. The van der Waals surface area contributed by atoms with E-state index in [2.05, 4.69) is 33.6 Å². The van der Waals surface area contributed by atoms with Gasteiger partial charge in [0.15, 0.2) is 0 Å². The van der Waals surface area contributed by atoms with Crippen molar-refractivity contribution < 1.29 is 12.6 Å². The Balaban J connectivity index is 1.51. The number of anilines is 2. The van der Waals surface area contributed by atoms with Crippen LogP contribution in [0.4, 0.5) is 11.5 Å². The minimum absolute atomic E-state index is 0.375. The minimum atomic E-state index is -3.44. The second-order valence-corrected chi connectivity index (χ2v) is 12.0. The summed E-state index contributed by atoms with van der Waals surface area (Å²) in [5.41, 5.74) is 6.34. The summed E-state index contributed by atoms with van der Waals surface area (Å²) in [6, 6.07) is 7.61. The molecule has 10 nitrogen and oxygen atoms in total. The van der Waals surface area contributed by atoms with Crippen LogP contribution < -0.4 is 9.62 Å². The normalized spacial score (nSPS) is 15.5. The van der Waals surface area contributed by atoms with Crippen LogP contribution in [-0.2, 0) is 21.2 Å². The van der Waals surface area contributed by atoms with E-state index < -0.39 is 21.2 Å². The molecule has 4 rings (SSSR count). The minimum Gasteiger partial charge on any atom is -0.353 e. The number of aromatic nitrogens is 3. The van der Waals surface area contributed by atoms with E-state index in [-0.39, 0.29) is 0 Å². The number of rotatable bonds is 9. The van der Waals surface area contributed by atoms with Gasteiger partial charge in [0.2, 0.25) is 0 Å². The SMILES string of the molecule is C=C=C/C=C\C(=C)S(=O)Nc1cncc(-c2ccc3ncc(N4CCN(S(=O)(=O)N(C)C)CC4)nc3c2)c1. The summed E-state index contributed by atoms with van der Waals surface area (Å²) in [6.07, 6.45) is 9.93. The Morgan fingerprint density at radius 3 is 2.58 bits per heavy atom. The molecule has 1 aliphatic rings. The maximum atomic E-state index is 12.5. The van der Waals surface area contributed by atoms with Gasteiger partial charge in [-0.2, -0.15) is 17.0 Å². The molecule has 12 heteroatoms. The van der Waals surface area contributed by atoms with Crippen molar-refractivity contribution in [3.63, 3.8) is 0 Å². The highest BCUT2D eigenvalue weighted by molar-refractivity contribution is 7.90. The number of hydrogen-bond donors (Lipinski definition) is 1. The second kappa shape index (κ2) is 11.8. The number of nitrogens with one attached hydrogen (secondary N) is 1. The third-order valence-electron chi connectivity index (χ3n) is 5.90. The fraction of sp³-hybridized carbons (Fsp3) is 0.231. The molecule has 0 bridgehead atoms. The van der Waals surface area contributed by atoms with Crippen LogP contribution in [0.15, 0.2) is 84.9 Å². The van der Waals surface area contributed by atoms with Crippen molar-refractivity contribution in [2.45, 2.75) is 0 Å². The number of allylic oxidation sites excluding steroid dienone is 3. The summed E-state index contributed by atoms with van der Waals surface area (Å²) in [5.74, 6) is 0.693. The first-order chi connectivity index (χ1) is 18.2. The molecule has 1 atom stereocenters. The third kappa shape index (κ3) is 6.24. The van der Waals surface area contributed by atoms with Crippen LogP contribution in [0.3, 0.4) is 0 Å². The van der Waals surface area contributed by atoms with E-state index in [0.29, 0.717) is 48.1 Å². The fourth-order valence-electron chi connectivity index (χ4n) is 3.82. The van der Waals surface area contributed by atoms with Crippen molar-refractivity contribution in [3.05, 3.63) is 84.9 Å². The van der Waals surface area contributed by atoms with Crippen LogP contribution in [0.5, 0.6) is 0 Å². The van der Waals surface area contributed by atoms with Crippen LogP contribution in [-0.4, -0.2) is 76.5 Å². The number of fused-ring (bicyclic) bond motifs is 1. The number of benzene rings is 1. The van der Waals surface area contributed by atoms with Gasteiger partial charge in [-0.25, -0.2) is 9.19 Å². The van der Waals surface area contributed by atoms with Crippen molar-refractivity contribution in [1.29, 1.82) is 0 Å². The van der Waals surface area contributed by atoms with Crippen molar-refractivity contribution in [2.75, 3.05) is 49.9 Å². The zero-order valence-electron chi connectivity index (χ0n) is 21.2. The van der Waals surface area contributed by atoms with E-state index in [1.54, 1.807) is 36.8 Å². The first-order valence-corrected chi connectivity index (χ1v) is 14.3. The molecule has 2 aromatic heterocycles. The molecule has 0 saturated carbocycles. The standard InChI is InChI=1S/C26H29N7O3S2/c1-5-6-7-8-20(2)37(34)30-23-15-22(17-27-18-23)21-9-10-24-25(16-21)29-26(19-28-24)32-11-13-33(14-12-32)38(35,36)31(3)4/h6-10,15-19,30H,1-2,11-14H2,3-4H3/b8-7-. The molecule has 1 unspecified atom stereocenters. The highest BCUT2D eigenvalue weighted by Gasteiger charge is 2.29. The van der Waals surface area contributed by atoms with Crippen molar-refractivity contribution >= 4 is 43.7 Å². The number of hydrogen-bond acceptors (Lipinski definition) is 7. The van der Waals surface area contributed by atoms with Gasteiger partial charge in [-0.05, 0) is 35.9 Å². The molecule has 1 saturated heterocycles. The van der Waals surface area contributed by atoms with Crippen LogP contribution in [0, 0.1) is 0 Å². The van der Waals surface area contributed by atoms with Crippen LogP contribution in [0.1, 0.15) is 0 Å². The summed E-state index contributed by atoms with van der Waals surface area (Å²) in [4.78, 5) is 16.1. The van der Waals surface area contributed by atoms with Gasteiger partial charge in [-0.1, -0.05) is 25.3 Å². The zero-order chi connectivity index (χ0) is 27.3. The lowest BCUT2D eigenvalue weighted by Gasteiger charge is -2.35. The third-order valence-corrected chi connectivity index (χ3v) is 8.87. The molecular weight excluding hydrogens is 522 g/mol. The van der Waals surface area contributed by atoms with Gasteiger partial charge < -0.3 is 4.90 Å². The molecular formula is C26H29N7O3S2. The van der Waals surface area contributed by atoms with Gasteiger partial charge in [0, 0.05) is 52.0 Å². The van der Waals surface area contributed by atoms with Gasteiger partial charge in [-0.15, -0.1) is 5.73 Å². The molecule has 3 aromatic rings. The molecule has 1 aliphatic heterocycles. The predicted octanol–water partition coefficient (Wildman–Crippen LogP) is 3.11. The Labute approximate surface area is 225 Å². The highest BCUT2D eigenvalue weighted by atomic mass is 32.2. The Morgan fingerprint density at radius 1 is 1.11 bits per heavy atom. The van der Waals surface area contributed by atoms with Crippen molar-refractivity contribution in [2.24, 2.45) is 0 Å². The topological polar surface area (TPSA) is 112 Å². The van der Waals surface area contributed by atoms with Gasteiger partial charge in [0.1, 0.15) is 16.8 Å². The molecule has 0 aliphatic carbocycles. The molecule has 38 heavy (non-hydrogen) atoms. The summed E-state index contributed by atoms with van der Waals surface area (Å²) in [7, 11) is -1.90. The lowest BCUT2D eigenvalue weighted by Crippen LogP contribution is -2.51. The molecule has 0 spiro atoms. The summed E-state index contributed by atoms with van der Waals surface area (Å²) < 4.78 is 43.0. The smallest absolute Gasteiger partial charge is 0.281 e. The summed E-state index contributed by atoms with van der Waals surface area (Å²) in [6.45, 7) is 9.08. The average Bonchev–Trinajstić information content (AvgIpc) is 2.92. The lowest BCUT2D eigenvalue weighted by atomic mass is 10.1. The predicted molar refractivity (Wildman–Crippen MR) is 153 cm³/mol. The van der Waals surface area contributed by atoms with Crippen molar-refractivity contribution in [3.8, 4) is 11.1 Å². The largest absolute Gasteiger partial charge is 0.353 e. The van der Waals surface area contributed by atoms with E-state index in [1.807, 2.05) is 29.2 Å². The molecule has 3 heterocycles. The van der Waals surface area contributed by atoms with Crippen LogP contribution in [0.25, 0.3) is 22.2 Å². The average molecular weight is 552 g/mol. The number of nitrogens with zero attached hydrogens (tertiary/aromatic N) is 6. The quantitative estimate of drug-likeness (QED) is 0.321. The number of piperazine rings is 1. The second-order valence-electron chi connectivity index (χ2n) is 8.64.